The molecule has 2 N–H and O–H groups in total. The molecule has 1 heterocycles. The van der Waals surface area contributed by atoms with E-state index in [1.807, 2.05) is 13.8 Å². The molecule has 0 fully saturated rings. The molecule has 25 heavy (non-hydrogen) atoms. The van der Waals surface area contributed by atoms with Crippen molar-refractivity contribution in [1.82, 2.24) is 4.90 Å². The average Bonchev–Trinajstić information content (AvgIpc) is 2.86. The van der Waals surface area contributed by atoms with Gasteiger partial charge in [0, 0.05) is 12.2 Å². The maximum atomic E-state index is 12.5. The molecule has 1 aliphatic heterocycles. The lowest BCUT2D eigenvalue weighted by Crippen LogP contribution is -2.31. The molecule has 0 bridgehead atoms. The van der Waals surface area contributed by atoms with Crippen LogP contribution in [0.2, 0.25) is 5.02 Å². The number of hydrogen-bond donors (Lipinski definition) is 2. The molecule has 1 aromatic rings. The zero-order valence-corrected chi connectivity index (χ0v) is 15.1. The smallest absolute Gasteiger partial charge is 0.337 e. The van der Waals surface area contributed by atoms with E-state index >= 15 is 0 Å². The maximum Gasteiger partial charge on any atom is 0.337 e. The van der Waals surface area contributed by atoms with E-state index in [-0.39, 0.29) is 43.0 Å². The summed E-state index contributed by atoms with van der Waals surface area (Å²) in [6.07, 6.45) is -0.0200. The second-order valence-corrected chi connectivity index (χ2v) is 6.14. The largest absolute Gasteiger partial charge is 0.489 e. The van der Waals surface area contributed by atoms with E-state index in [0.29, 0.717) is 16.5 Å². The first kappa shape index (κ1) is 19.1. The van der Waals surface area contributed by atoms with Gasteiger partial charge in [-0.05, 0) is 32.0 Å². The predicted octanol–water partition coefficient (Wildman–Crippen LogP) is 1.80. The van der Waals surface area contributed by atoms with Gasteiger partial charge in [-0.15, -0.1) is 0 Å². The molecule has 0 saturated heterocycles. The molecule has 1 aromatic carbocycles. The second-order valence-electron chi connectivity index (χ2n) is 5.73. The third-order valence-corrected chi connectivity index (χ3v) is 3.81. The summed E-state index contributed by atoms with van der Waals surface area (Å²) in [5, 5.41) is 12.4. The lowest BCUT2D eigenvalue weighted by atomic mass is 10.2. The summed E-state index contributed by atoms with van der Waals surface area (Å²) in [6, 6.07) is 5.00. The first-order valence-electron chi connectivity index (χ1n) is 7.82. The number of β-amino-alcohol motifs (C(OH)–C–C–N with tert-alkyl or cyclic N) is 1. The molecule has 0 unspecified atom stereocenters. The van der Waals surface area contributed by atoms with Crippen molar-refractivity contribution < 1.29 is 24.2 Å². The summed E-state index contributed by atoms with van der Waals surface area (Å²) in [7, 11) is 1.25. The third-order valence-electron chi connectivity index (χ3n) is 3.52. The normalized spacial score (nSPS) is 14.3. The molecule has 0 atom stereocenters. The van der Waals surface area contributed by atoms with E-state index in [0.717, 1.165) is 0 Å². The predicted molar refractivity (Wildman–Crippen MR) is 93.5 cm³/mol. The maximum absolute atomic E-state index is 12.5. The van der Waals surface area contributed by atoms with E-state index < -0.39 is 5.97 Å². The van der Waals surface area contributed by atoms with E-state index in [1.165, 1.54) is 12.0 Å². The SMILES string of the molecule is COC(=O)C1=C(Nc2ccc(OC(C)C)c(Cl)c2)C(=O)N(CCO)C1. The highest BCUT2D eigenvalue weighted by atomic mass is 35.5. The summed E-state index contributed by atoms with van der Waals surface area (Å²) < 4.78 is 10.3. The van der Waals surface area contributed by atoms with Crippen LogP contribution in [-0.4, -0.2) is 54.8 Å². The Hall–Kier alpha value is -2.25. The van der Waals surface area contributed by atoms with E-state index in [1.54, 1.807) is 18.2 Å². The van der Waals surface area contributed by atoms with Gasteiger partial charge in [-0.3, -0.25) is 4.79 Å². The zero-order chi connectivity index (χ0) is 18.6. The highest BCUT2D eigenvalue weighted by Crippen LogP contribution is 2.30. The molecule has 7 nitrogen and oxygen atoms in total. The minimum absolute atomic E-state index is 0.0200. The van der Waals surface area contributed by atoms with Gasteiger partial charge >= 0.3 is 5.97 Å². The lowest BCUT2D eigenvalue weighted by molar-refractivity contribution is -0.136. The van der Waals surface area contributed by atoms with Crippen molar-refractivity contribution in [3.05, 3.63) is 34.5 Å². The highest BCUT2D eigenvalue weighted by molar-refractivity contribution is 6.32. The molecule has 0 radical (unpaired) electrons. The Morgan fingerprint density at radius 1 is 1.44 bits per heavy atom. The monoisotopic (exact) mass is 368 g/mol. The minimum atomic E-state index is -0.595. The van der Waals surface area contributed by atoms with Gasteiger partial charge in [0.25, 0.3) is 5.91 Å². The number of rotatable bonds is 7. The van der Waals surface area contributed by atoms with Crippen LogP contribution in [0.15, 0.2) is 29.5 Å². The molecule has 8 heteroatoms. The molecule has 2 rings (SSSR count). The second kappa shape index (κ2) is 8.22. The molecule has 1 amide bonds. The van der Waals surface area contributed by atoms with Crippen molar-refractivity contribution in [2.24, 2.45) is 0 Å². The minimum Gasteiger partial charge on any atom is -0.489 e. The van der Waals surface area contributed by atoms with Crippen molar-refractivity contribution in [2.75, 3.05) is 32.1 Å². The molecule has 0 aliphatic carbocycles. The fourth-order valence-electron chi connectivity index (χ4n) is 2.42. The summed E-state index contributed by atoms with van der Waals surface area (Å²) in [5.41, 5.74) is 0.866. The van der Waals surface area contributed by atoms with E-state index in [2.05, 4.69) is 5.32 Å². The number of amides is 1. The van der Waals surface area contributed by atoms with Crippen molar-refractivity contribution in [1.29, 1.82) is 0 Å². The number of anilines is 1. The fourth-order valence-corrected chi connectivity index (χ4v) is 2.65. The van der Waals surface area contributed by atoms with Gasteiger partial charge in [-0.2, -0.15) is 0 Å². The molecular formula is C17H21ClN2O5. The summed E-state index contributed by atoms with van der Waals surface area (Å²) in [4.78, 5) is 25.8. The first-order chi connectivity index (χ1) is 11.9. The van der Waals surface area contributed by atoms with E-state index in [9.17, 15) is 9.59 Å². The summed E-state index contributed by atoms with van der Waals surface area (Å²) >= 11 is 6.20. The van der Waals surface area contributed by atoms with Gasteiger partial charge in [0.1, 0.15) is 11.4 Å². The van der Waals surface area contributed by atoms with Crippen LogP contribution in [-0.2, 0) is 14.3 Å². The van der Waals surface area contributed by atoms with Crippen molar-refractivity contribution in [3.63, 3.8) is 0 Å². The number of aliphatic hydroxyl groups is 1. The van der Waals surface area contributed by atoms with Crippen molar-refractivity contribution in [2.45, 2.75) is 20.0 Å². The highest BCUT2D eigenvalue weighted by Gasteiger charge is 2.34. The Kier molecular flexibility index (Phi) is 6.27. The number of esters is 1. The number of carbonyl (C=O) groups is 2. The third kappa shape index (κ3) is 4.43. The van der Waals surface area contributed by atoms with Crippen LogP contribution < -0.4 is 10.1 Å². The molecule has 1 aliphatic rings. The number of nitrogens with one attached hydrogen (secondary N) is 1. The van der Waals surface area contributed by atoms with Gasteiger partial charge < -0.3 is 24.8 Å². The Morgan fingerprint density at radius 3 is 2.72 bits per heavy atom. The number of nitrogens with zero attached hydrogens (tertiary/aromatic N) is 1. The molecule has 136 valence electrons. The van der Waals surface area contributed by atoms with Crippen LogP contribution >= 0.6 is 11.6 Å². The van der Waals surface area contributed by atoms with Gasteiger partial charge in [-0.25, -0.2) is 4.79 Å². The average molecular weight is 369 g/mol. The molecule has 0 saturated carbocycles. The number of ether oxygens (including phenoxy) is 2. The van der Waals surface area contributed by atoms with Crippen LogP contribution in [0.3, 0.4) is 0 Å². The molecule has 0 spiro atoms. The van der Waals surface area contributed by atoms with Crippen LogP contribution in [0.25, 0.3) is 0 Å². The van der Waals surface area contributed by atoms with Gasteiger partial charge in [0.2, 0.25) is 0 Å². The number of methoxy groups -OCH3 is 1. The number of benzene rings is 1. The lowest BCUT2D eigenvalue weighted by Gasteiger charge is -2.15. The van der Waals surface area contributed by atoms with E-state index in [4.69, 9.17) is 26.2 Å². The summed E-state index contributed by atoms with van der Waals surface area (Å²) in [6.45, 7) is 3.80. The number of halogens is 1. The summed E-state index contributed by atoms with van der Waals surface area (Å²) in [5.74, 6) is -0.445. The zero-order valence-electron chi connectivity index (χ0n) is 14.3. The number of carbonyl (C=O) groups excluding carboxylic acids is 2. The van der Waals surface area contributed by atoms with Crippen LogP contribution in [0, 0.1) is 0 Å². The topological polar surface area (TPSA) is 88.1 Å². The quantitative estimate of drug-likeness (QED) is 0.713. The number of aliphatic hydroxyl groups excluding tert-OH is 1. The van der Waals surface area contributed by atoms with Crippen molar-refractivity contribution in [3.8, 4) is 5.75 Å². The standard InChI is InChI=1S/C17H21ClN2O5/c1-10(2)25-14-5-4-11(8-13(14)18)19-15-12(17(23)24-3)9-20(6-7-21)16(15)22/h4-5,8,10,19,21H,6-7,9H2,1-3H3. The fraction of sp³-hybridized carbons (Fsp3) is 0.412. The Bertz CT molecular complexity index is 702. The van der Waals surface area contributed by atoms with Crippen LogP contribution in [0.1, 0.15) is 13.8 Å². The van der Waals surface area contributed by atoms with Crippen LogP contribution in [0.5, 0.6) is 5.75 Å². The van der Waals surface area contributed by atoms with Gasteiger partial charge in [0.15, 0.2) is 0 Å². The molecule has 0 aromatic heterocycles. The van der Waals surface area contributed by atoms with Crippen molar-refractivity contribution >= 4 is 29.2 Å². The Balaban J connectivity index is 2.27. The Morgan fingerprint density at radius 2 is 2.16 bits per heavy atom. The van der Waals surface area contributed by atoms with Gasteiger partial charge in [0.05, 0.1) is 37.0 Å². The van der Waals surface area contributed by atoms with Crippen LogP contribution in [0.4, 0.5) is 5.69 Å². The molecular weight excluding hydrogens is 348 g/mol. The Labute approximate surface area is 151 Å². The van der Waals surface area contributed by atoms with Gasteiger partial charge in [-0.1, -0.05) is 11.6 Å². The number of hydrogen-bond acceptors (Lipinski definition) is 6. The first-order valence-corrected chi connectivity index (χ1v) is 8.20.